The van der Waals surface area contributed by atoms with E-state index < -0.39 is 17.6 Å². The minimum Gasteiger partial charge on any atom is -0.478 e. The van der Waals surface area contributed by atoms with Gasteiger partial charge in [0.25, 0.3) is 0 Å². The molecule has 0 atom stereocenters. The van der Waals surface area contributed by atoms with Gasteiger partial charge >= 0.3 is 5.97 Å². The molecule has 0 aliphatic carbocycles. The Morgan fingerprint density at radius 3 is 2.86 bits per heavy atom. The number of benzene rings is 1. The maximum absolute atomic E-state index is 13.0. The first-order valence-electron chi connectivity index (χ1n) is 3.65. The molecule has 0 spiro atoms. The number of rotatable bonds is 1. The van der Waals surface area contributed by atoms with Crippen LogP contribution in [-0.4, -0.2) is 21.3 Å². The quantitative estimate of drug-likeness (QED) is 0.730. The fourth-order valence-electron chi connectivity index (χ4n) is 1.22. The molecule has 0 fully saturated rings. The van der Waals surface area contributed by atoms with Gasteiger partial charge in [0.15, 0.2) is 11.6 Å². The van der Waals surface area contributed by atoms with Crippen LogP contribution < -0.4 is 0 Å². The topological polar surface area (TPSA) is 66.0 Å². The Labute approximate surface area is 76.2 Å². The summed E-state index contributed by atoms with van der Waals surface area (Å²) in [5.41, 5.74) is -0.546. The standard InChI is InChI=1S/C8H4F2N2O2/c9-5-1-3(8(13)14)4-2-11-12-7(4)6(5)10/h1-2H,(H,11,12)(H,13,14). The number of carboxylic acid groups (broad SMARTS) is 1. The van der Waals surface area contributed by atoms with Crippen LogP contribution in [0.15, 0.2) is 12.3 Å². The minimum atomic E-state index is -1.32. The van der Waals surface area contributed by atoms with E-state index in [1.54, 1.807) is 0 Å². The van der Waals surface area contributed by atoms with Gasteiger partial charge in [0.2, 0.25) is 0 Å². The van der Waals surface area contributed by atoms with Crippen LogP contribution in [0.5, 0.6) is 0 Å². The average molecular weight is 198 g/mol. The highest BCUT2D eigenvalue weighted by Crippen LogP contribution is 2.22. The molecule has 6 heteroatoms. The Hall–Kier alpha value is -1.98. The Kier molecular flexibility index (Phi) is 1.70. The lowest BCUT2D eigenvalue weighted by atomic mass is 10.1. The Morgan fingerprint density at radius 1 is 1.50 bits per heavy atom. The molecule has 0 radical (unpaired) electrons. The molecule has 72 valence electrons. The number of nitrogens with zero attached hydrogens (tertiary/aromatic N) is 1. The molecule has 0 amide bonds. The molecule has 2 N–H and O–H groups in total. The van der Waals surface area contributed by atoms with Gasteiger partial charge in [-0.25, -0.2) is 13.6 Å². The summed E-state index contributed by atoms with van der Waals surface area (Å²) in [4.78, 5) is 10.6. The van der Waals surface area contributed by atoms with Gasteiger partial charge in [-0.3, -0.25) is 5.10 Å². The van der Waals surface area contributed by atoms with E-state index in [-0.39, 0.29) is 16.5 Å². The Bertz CT molecular complexity index is 521. The van der Waals surface area contributed by atoms with Crippen molar-refractivity contribution in [2.75, 3.05) is 0 Å². The van der Waals surface area contributed by atoms with Crippen molar-refractivity contribution in [2.45, 2.75) is 0 Å². The number of hydrogen-bond acceptors (Lipinski definition) is 2. The molecule has 14 heavy (non-hydrogen) atoms. The summed E-state index contributed by atoms with van der Waals surface area (Å²) in [5.74, 6) is -3.66. The Morgan fingerprint density at radius 2 is 2.21 bits per heavy atom. The molecule has 1 heterocycles. The fourth-order valence-corrected chi connectivity index (χ4v) is 1.22. The second-order valence-electron chi connectivity index (χ2n) is 2.68. The predicted octanol–water partition coefficient (Wildman–Crippen LogP) is 1.54. The number of carbonyl (C=O) groups is 1. The number of nitrogens with one attached hydrogen (secondary N) is 1. The first-order valence-corrected chi connectivity index (χ1v) is 3.65. The van der Waals surface area contributed by atoms with Gasteiger partial charge in [-0.2, -0.15) is 5.10 Å². The SMILES string of the molecule is O=C(O)c1cc(F)c(F)c2[nH]ncc12. The van der Waals surface area contributed by atoms with Crippen molar-refractivity contribution >= 4 is 16.9 Å². The van der Waals surface area contributed by atoms with Crippen LogP contribution >= 0.6 is 0 Å². The number of aromatic carboxylic acids is 1. The van der Waals surface area contributed by atoms with Crippen LogP contribution in [0.25, 0.3) is 10.9 Å². The first-order chi connectivity index (χ1) is 6.61. The van der Waals surface area contributed by atoms with E-state index in [0.29, 0.717) is 6.07 Å². The summed E-state index contributed by atoms with van der Waals surface area (Å²) in [6, 6.07) is 0.634. The van der Waals surface area contributed by atoms with E-state index >= 15 is 0 Å². The van der Waals surface area contributed by atoms with Crippen molar-refractivity contribution in [1.29, 1.82) is 0 Å². The molecule has 0 saturated heterocycles. The molecule has 2 rings (SSSR count). The zero-order valence-corrected chi connectivity index (χ0v) is 6.71. The number of carboxylic acids is 1. The van der Waals surface area contributed by atoms with E-state index in [4.69, 9.17) is 5.11 Å². The number of aromatic amines is 1. The molecule has 1 aromatic heterocycles. The molecular weight excluding hydrogens is 194 g/mol. The van der Waals surface area contributed by atoms with Crippen molar-refractivity contribution < 1.29 is 18.7 Å². The second-order valence-corrected chi connectivity index (χ2v) is 2.68. The highest BCUT2D eigenvalue weighted by molar-refractivity contribution is 6.02. The van der Waals surface area contributed by atoms with Crippen molar-refractivity contribution in [3.05, 3.63) is 29.5 Å². The van der Waals surface area contributed by atoms with E-state index in [1.165, 1.54) is 0 Å². The van der Waals surface area contributed by atoms with E-state index in [1.807, 2.05) is 0 Å². The first kappa shape index (κ1) is 8.61. The molecule has 4 nitrogen and oxygen atoms in total. The molecule has 1 aromatic carbocycles. The van der Waals surface area contributed by atoms with Crippen molar-refractivity contribution in [3.8, 4) is 0 Å². The number of fused-ring (bicyclic) bond motifs is 1. The van der Waals surface area contributed by atoms with Crippen LogP contribution in [0.4, 0.5) is 8.78 Å². The molecule has 0 aliphatic heterocycles. The summed E-state index contributed by atoms with van der Waals surface area (Å²) in [5, 5.41) is 14.4. The molecule has 0 aliphatic rings. The van der Waals surface area contributed by atoms with Crippen LogP contribution in [0.1, 0.15) is 10.4 Å². The summed E-state index contributed by atoms with van der Waals surface area (Å²) < 4.78 is 25.9. The van der Waals surface area contributed by atoms with Crippen molar-refractivity contribution in [3.63, 3.8) is 0 Å². The molecule has 0 unspecified atom stereocenters. The zero-order chi connectivity index (χ0) is 10.3. The molecular formula is C8H4F2N2O2. The van der Waals surface area contributed by atoms with E-state index in [0.717, 1.165) is 6.20 Å². The zero-order valence-electron chi connectivity index (χ0n) is 6.71. The third-order valence-electron chi connectivity index (χ3n) is 1.86. The normalized spacial score (nSPS) is 10.7. The van der Waals surface area contributed by atoms with E-state index in [9.17, 15) is 13.6 Å². The lowest BCUT2D eigenvalue weighted by Crippen LogP contribution is -2.00. The lowest BCUT2D eigenvalue weighted by Gasteiger charge is -1.98. The van der Waals surface area contributed by atoms with Gasteiger partial charge in [0, 0.05) is 5.39 Å². The molecule has 0 bridgehead atoms. The Balaban J connectivity index is 2.91. The van der Waals surface area contributed by atoms with Gasteiger partial charge in [0.1, 0.15) is 5.52 Å². The number of hydrogen-bond donors (Lipinski definition) is 2. The minimum absolute atomic E-state index is 0.0522. The van der Waals surface area contributed by atoms with Crippen LogP contribution in [0.2, 0.25) is 0 Å². The monoisotopic (exact) mass is 198 g/mol. The number of H-pyrrole nitrogens is 1. The van der Waals surface area contributed by atoms with Crippen LogP contribution in [-0.2, 0) is 0 Å². The number of halogens is 2. The van der Waals surface area contributed by atoms with Crippen LogP contribution in [0, 0.1) is 11.6 Å². The van der Waals surface area contributed by atoms with Gasteiger partial charge in [-0.05, 0) is 6.07 Å². The summed E-state index contributed by atoms with van der Waals surface area (Å²) in [7, 11) is 0. The molecule has 2 aromatic rings. The van der Waals surface area contributed by atoms with Gasteiger partial charge < -0.3 is 5.11 Å². The van der Waals surface area contributed by atoms with Crippen molar-refractivity contribution in [2.24, 2.45) is 0 Å². The molecule has 0 saturated carbocycles. The smallest absolute Gasteiger partial charge is 0.336 e. The van der Waals surface area contributed by atoms with Gasteiger partial charge in [0.05, 0.1) is 11.8 Å². The highest BCUT2D eigenvalue weighted by atomic mass is 19.2. The maximum Gasteiger partial charge on any atom is 0.336 e. The fraction of sp³-hybridized carbons (Fsp3) is 0. The van der Waals surface area contributed by atoms with Gasteiger partial charge in [-0.15, -0.1) is 0 Å². The second kappa shape index (κ2) is 2.76. The average Bonchev–Trinajstić information content (AvgIpc) is 2.59. The summed E-state index contributed by atoms with van der Waals surface area (Å²) >= 11 is 0. The predicted molar refractivity (Wildman–Crippen MR) is 43.0 cm³/mol. The van der Waals surface area contributed by atoms with Crippen LogP contribution in [0.3, 0.4) is 0 Å². The van der Waals surface area contributed by atoms with E-state index in [2.05, 4.69) is 10.2 Å². The lowest BCUT2D eigenvalue weighted by molar-refractivity contribution is 0.0698. The maximum atomic E-state index is 13.0. The van der Waals surface area contributed by atoms with Crippen molar-refractivity contribution in [1.82, 2.24) is 10.2 Å². The third-order valence-corrected chi connectivity index (χ3v) is 1.86. The summed E-state index contributed by atoms with van der Waals surface area (Å²) in [6.45, 7) is 0. The highest BCUT2D eigenvalue weighted by Gasteiger charge is 2.17. The third kappa shape index (κ3) is 1.04. The van der Waals surface area contributed by atoms with Gasteiger partial charge in [-0.1, -0.05) is 0 Å². The number of aromatic nitrogens is 2. The summed E-state index contributed by atoms with van der Waals surface area (Å²) in [6.07, 6.45) is 1.14. The largest absolute Gasteiger partial charge is 0.478 e.